The Labute approximate surface area is 66.7 Å². The molecule has 0 aromatic carbocycles. The van der Waals surface area contributed by atoms with Crippen LogP contribution in [-0.2, 0) is 4.74 Å². The number of hydrogen-bond donors (Lipinski definition) is 0. The SMILES string of the molecule is C1=C2CC3CCC(=C(C3)O2)C1. The van der Waals surface area contributed by atoms with E-state index in [1.807, 2.05) is 0 Å². The first-order valence-electron chi connectivity index (χ1n) is 4.49. The summed E-state index contributed by atoms with van der Waals surface area (Å²) in [7, 11) is 0. The van der Waals surface area contributed by atoms with E-state index in [9.17, 15) is 0 Å². The van der Waals surface area contributed by atoms with Gasteiger partial charge in [0.05, 0.1) is 0 Å². The fourth-order valence-electron chi connectivity index (χ4n) is 2.38. The summed E-state index contributed by atoms with van der Waals surface area (Å²) in [4.78, 5) is 0. The molecule has 0 aromatic heterocycles. The molecule has 0 radical (unpaired) electrons. The third kappa shape index (κ3) is 0.770. The van der Waals surface area contributed by atoms with E-state index in [-0.39, 0.29) is 0 Å². The first-order chi connectivity index (χ1) is 5.42. The van der Waals surface area contributed by atoms with E-state index in [1.165, 1.54) is 43.6 Å². The normalized spacial score (nSPS) is 33.5. The number of ether oxygens (including phenoxy) is 1. The van der Waals surface area contributed by atoms with E-state index in [1.54, 1.807) is 5.57 Å². The first kappa shape index (κ1) is 5.87. The summed E-state index contributed by atoms with van der Waals surface area (Å²) in [6.45, 7) is 0. The van der Waals surface area contributed by atoms with Crippen molar-refractivity contribution in [2.75, 3.05) is 0 Å². The molecule has 0 N–H and O–H groups in total. The van der Waals surface area contributed by atoms with Gasteiger partial charge in [0.25, 0.3) is 0 Å². The van der Waals surface area contributed by atoms with Crippen molar-refractivity contribution in [3.8, 4) is 0 Å². The molecule has 0 spiro atoms. The molecule has 3 rings (SSSR count). The predicted molar refractivity (Wildman–Crippen MR) is 42.8 cm³/mol. The number of fused-ring (bicyclic) bond motifs is 2. The van der Waals surface area contributed by atoms with Gasteiger partial charge in [0.1, 0.15) is 11.5 Å². The maximum absolute atomic E-state index is 5.70. The highest BCUT2D eigenvalue weighted by molar-refractivity contribution is 5.26. The van der Waals surface area contributed by atoms with Gasteiger partial charge in [0.15, 0.2) is 0 Å². The van der Waals surface area contributed by atoms with Gasteiger partial charge in [-0.2, -0.15) is 0 Å². The molecule has 1 unspecified atom stereocenters. The lowest BCUT2D eigenvalue weighted by Gasteiger charge is -2.36. The van der Waals surface area contributed by atoms with E-state index < -0.39 is 0 Å². The Balaban J connectivity index is 2.08. The quantitative estimate of drug-likeness (QED) is 0.513. The Morgan fingerprint density at radius 2 is 2.36 bits per heavy atom. The van der Waals surface area contributed by atoms with Crippen LogP contribution in [0.1, 0.15) is 32.1 Å². The molecule has 2 aliphatic heterocycles. The average Bonchev–Trinajstić information content (AvgIpc) is 2.01. The largest absolute Gasteiger partial charge is 0.466 e. The van der Waals surface area contributed by atoms with Crippen molar-refractivity contribution in [1.29, 1.82) is 0 Å². The molecule has 1 saturated heterocycles. The fraction of sp³-hybridized carbons (Fsp3) is 0.600. The van der Waals surface area contributed by atoms with Crippen molar-refractivity contribution < 1.29 is 4.74 Å². The Kier molecular flexibility index (Phi) is 1.02. The molecule has 1 atom stereocenters. The summed E-state index contributed by atoms with van der Waals surface area (Å²) >= 11 is 0. The van der Waals surface area contributed by atoms with Crippen LogP contribution in [0.15, 0.2) is 23.2 Å². The molecule has 3 aliphatic rings. The molecule has 0 saturated carbocycles. The van der Waals surface area contributed by atoms with Crippen molar-refractivity contribution in [3.63, 3.8) is 0 Å². The summed E-state index contributed by atoms with van der Waals surface area (Å²) in [5.41, 5.74) is 1.57. The lowest BCUT2D eigenvalue weighted by Crippen LogP contribution is -2.21. The summed E-state index contributed by atoms with van der Waals surface area (Å²) in [6.07, 6.45) is 8.58. The molecule has 1 fully saturated rings. The highest BCUT2D eigenvalue weighted by atomic mass is 16.5. The van der Waals surface area contributed by atoms with E-state index >= 15 is 0 Å². The van der Waals surface area contributed by atoms with E-state index in [4.69, 9.17) is 4.74 Å². The number of hydrogen-bond acceptors (Lipinski definition) is 1. The lowest BCUT2D eigenvalue weighted by atomic mass is 9.80. The Hall–Kier alpha value is -0.720. The van der Waals surface area contributed by atoms with E-state index in [2.05, 4.69) is 6.08 Å². The fourth-order valence-corrected chi connectivity index (χ4v) is 2.38. The van der Waals surface area contributed by atoms with Crippen LogP contribution < -0.4 is 0 Å². The Bertz CT molecular complexity index is 260. The van der Waals surface area contributed by atoms with Gasteiger partial charge < -0.3 is 4.74 Å². The van der Waals surface area contributed by atoms with Crippen molar-refractivity contribution in [3.05, 3.63) is 23.2 Å². The predicted octanol–water partition coefficient (Wildman–Crippen LogP) is 2.75. The summed E-state index contributed by atoms with van der Waals surface area (Å²) in [5, 5.41) is 0. The lowest BCUT2D eigenvalue weighted by molar-refractivity contribution is 0.169. The second kappa shape index (κ2) is 1.90. The molecule has 3 bridgehead atoms. The van der Waals surface area contributed by atoms with Crippen molar-refractivity contribution in [2.45, 2.75) is 32.1 Å². The minimum Gasteiger partial charge on any atom is -0.466 e. The zero-order valence-electron chi connectivity index (χ0n) is 6.60. The van der Waals surface area contributed by atoms with Crippen LogP contribution in [-0.4, -0.2) is 0 Å². The van der Waals surface area contributed by atoms with E-state index in [0.29, 0.717) is 0 Å². The minimum absolute atomic E-state index is 0.911. The first-order valence-corrected chi connectivity index (χ1v) is 4.49. The van der Waals surface area contributed by atoms with Crippen molar-refractivity contribution in [2.24, 2.45) is 5.92 Å². The Morgan fingerprint density at radius 3 is 3.36 bits per heavy atom. The van der Waals surface area contributed by atoms with Crippen molar-refractivity contribution in [1.82, 2.24) is 0 Å². The molecule has 0 amide bonds. The van der Waals surface area contributed by atoms with Gasteiger partial charge in [-0.3, -0.25) is 0 Å². The second-order valence-electron chi connectivity index (χ2n) is 3.82. The zero-order chi connectivity index (χ0) is 7.26. The van der Waals surface area contributed by atoms with Crippen LogP contribution >= 0.6 is 0 Å². The third-order valence-corrected chi connectivity index (χ3v) is 3.04. The van der Waals surface area contributed by atoms with Gasteiger partial charge >= 0.3 is 0 Å². The number of allylic oxidation sites excluding steroid dienone is 4. The molecule has 11 heavy (non-hydrogen) atoms. The molecule has 1 aliphatic carbocycles. The van der Waals surface area contributed by atoms with Gasteiger partial charge in [-0.05, 0) is 36.8 Å². The van der Waals surface area contributed by atoms with Gasteiger partial charge in [-0.25, -0.2) is 0 Å². The second-order valence-corrected chi connectivity index (χ2v) is 3.82. The summed E-state index contributed by atoms with van der Waals surface area (Å²) < 4.78 is 5.70. The summed E-state index contributed by atoms with van der Waals surface area (Å²) in [6, 6.07) is 0. The monoisotopic (exact) mass is 148 g/mol. The molecular weight excluding hydrogens is 136 g/mol. The molecule has 1 nitrogen and oxygen atoms in total. The van der Waals surface area contributed by atoms with Crippen LogP contribution in [0.5, 0.6) is 0 Å². The highest BCUT2D eigenvalue weighted by Gasteiger charge is 2.30. The van der Waals surface area contributed by atoms with Gasteiger partial charge in [-0.1, -0.05) is 0 Å². The van der Waals surface area contributed by atoms with E-state index in [0.717, 1.165) is 5.92 Å². The highest BCUT2D eigenvalue weighted by Crippen LogP contribution is 2.44. The molecular formula is C10H12O. The smallest absolute Gasteiger partial charge is 0.103 e. The maximum atomic E-state index is 5.70. The minimum atomic E-state index is 0.911. The molecule has 1 heteroatoms. The van der Waals surface area contributed by atoms with Crippen LogP contribution in [0.4, 0.5) is 0 Å². The topological polar surface area (TPSA) is 9.23 Å². The third-order valence-electron chi connectivity index (χ3n) is 3.04. The summed E-state index contributed by atoms with van der Waals surface area (Å²) in [5.74, 6) is 3.48. The molecule has 2 heterocycles. The van der Waals surface area contributed by atoms with Crippen LogP contribution in [0.3, 0.4) is 0 Å². The van der Waals surface area contributed by atoms with Crippen LogP contribution in [0.25, 0.3) is 0 Å². The molecule has 58 valence electrons. The Morgan fingerprint density at radius 1 is 1.36 bits per heavy atom. The molecule has 0 aromatic rings. The average molecular weight is 148 g/mol. The van der Waals surface area contributed by atoms with Crippen molar-refractivity contribution >= 4 is 0 Å². The standard InChI is InChI=1S/C10H12O/c1-2-8-3-4-9-5-7(1)6-10(8)11-9/h4,7H,1-3,5-6H2. The maximum Gasteiger partial charge on any atom is 0.103 e. The van der Waals surface area contributed by atoms with Gasteiger partial charge in [0.2, 0.25) is 0 Å². The zero-order valence-corrected chi connectivity index (χ0v) is 6.60. The van der Waals surface area contributed by atoms with Gasteiger partial charge in [0, 0.05) is 12.8 Å². The van der Waals surface area contributed by atoms with Crippen LogP contribution in [0.2, 0.25) is 0 Å². The number of rotatable bonds is 0. The van der Waals surface area contributed by atoms with Crippen LogP contribution in [0, 0.1) is 5.92 Å². The van der Waals surface area contributed by atoms with Gasteiger partial charge in [-0.15, -0.1) is 0 Å².